The first-order chi connectivity index (χ1) is 11.9. The van der Waals surface area contributed by atoms with Gasteiger partial charge in [-0.2, -0.15) is 0 Å². The van der Waals surface area contributed by atoms with Gasteiger partial charge in [0.1, 0.15) is 17.5 Å². The van der Waals surface area contributed by atoms with Crippen LogP contribution in [0.2, 0.25) is 0 Å². The molecule has 0 spiro atoms. The molecule has 3 N–H and O–H groups in total. The lowest BCUT2D eigenvalue weighted by atomic mass is 10.1. The molecule has 1 saturated heterocycles. The zero-order chi connectivity index (χ0) is 18.0. The summed E-state index contributed by atoms with van der Waals surface area (Å²) in [6.07, 6.45) is 0.725. The number of hydrogen-bond acceptors (Lipinski definition) is 3. The maximum atomic E-state index is 14.3. The lowest BCUT2D eigenvalue weighted by molar-refractivity contribution is 0.0937. The molecule has 1 fully saturated rings. The maximum Gasteiger partial charge on any atom is 0.256 e. The molecule has 8 heteroatoms. The zero-order valence-electron chi connectivity index (χ0n) is 13.0. The predicted octanol–water partition coefficient (Wildman–Crippen LogP) is 3.54. The Morgan fingerprint density at radius 2 is 1.92 bits per heavy atom. The summed E-state index contributed by atoms with van der Waals surface area (Å²) in [6.45, 7) is 1.35. The van der Waals surface area contributed by atoms with Crippen molar-refractivity contribution in [3.63, 3.8) is 0 Å². The summed E-state index contributed by atoms with van der Waals surface area (Å²) in [4.78, 5) is 12.4. The highest BCUT2D eigenvalue weighted by Crippen LogP contribution is 2.27. The summed E-state index contributed by atoms with van der Waals surface area (Å²) in [5.41, 5.74) is -0.436. The fraction of sp³-hybridized carbons (Fsp3) is 0.235. The molecule has 1 aliphatic rings. The Balaban J connectivity index is 1.93. The number of nitrogens with one attached hydrogen (secondary N) is 3. The molecule has 1 heterocycles. The van der Waals surface area contributed by atoms with Gasteiger partial charge in [-0.25, -0.2) is 13.2 Å². The Hall–Kier alpha value is -1.81. The standard InChI is InChI=1S/C17H15F3IN3O/c18-9-5-13(20)16(17(25)23-11-3-4-22-8-11)15(6-9)24-14-2-1-10(21)7-12(14)19/h1-2,5-7,11,22,24H,3-4,8H2,(H,23,25). The first kappa shape index (κ1) is 18.0. The first-order valence-corrected chi connectivity index (χ1v) is 8.74. The van der Waals surface area contributed by atoms with Crippen molar-refractivity contribution in [1.82, 2.24) is 10.6 Å². The highest BCUT2D eigenvalue weighted by atomic mass is 127. The lowest BCUT2D eigenvalue weighted by Gasteiger charge is -2.16. The molecule has 1 atom stereocenters. The minimum absolute atomic E-state index is 0.0296. The van der Waals surface area contributed by atoms with Gasteiger partial charge in [0.05, 0.1) is 16.9 Å². The number of amides is 1. The van der Waals surface area contributed by atoms with E-state index in [0.29, 0.717) is 16.2 Å². The number of rotatable bonds is 4. The van der Waals surface area contributed by atoms with Crippen molar-refractivity contribution < 1.29 is 18.0 Å². The number of halogens is 4. The van der Waals surface area contributed by atoms with Crippen LogP contribution in [0, 0.1) is 21.0 Å². The molecule has 132 valence electrons. The SMILES string of the molecule is O=C(NC1CCNC1)c1c(F)cc(F)cc1Nc1ccc(I)cc1F. The Morgan fingerprint density at radius 3 is 2.60 bits per heavy atom. The monoisotopic (exact) mass is 461 g/mol. The van der Waals surface area contributed by atoms with Gasteiger partial charge in [-0.05, 0) is 59.8 Å². The second kappa shape index (κ2) is 7.61. The lowest BCUT2D eigenvalue weighted by Crippen LogP contribution is -2.37. The van der Waals surface area contributed by atoms with E-state index < -0.39 is 23.4 Å². The molecule has 25 heavy (non-hydrogen) atoms. The fourth-order valence-corrected chi connectivity index (χ4v) is 3.13. The second-order valence-corrected chi connectivity index (χ2v) is 6.97. The molecule has 4 nitrogen and oxygen atoms in total. The van der Waals surface area contributed by atoms with Crippen LogP contribution >= 0.6 is 22.6 Å². The Kier molecular flexibility index (Phi) is 5.48. The van der Waals surface area contributed by atoms with Crippen LogP contribution in [0.1, 0.15) is 16.8 Å². The highest BCUT2D eigenvalue weighted by molar-refractivity contribution is 14.1. The van der Waals surface area contributed by atoms with Gasteiger partial charge in [-0.3, -0.25) is 4.79 Å². The molecule has 1 amide bonds. The van der Waals surface area contributed by atoms with Crippen LogP contribution in [0.5, 0.6) is 0 Å². The molecule has 0 saturated carbocycles. The highest BCUT2D eigenvalue weighted by Gasteiger charge is 2.23. The van der Waals surface area contributed by atoms with E-state index in [9.17, 15) is 18.0 Å². The van der Waals surface area contributed by atoms with Gasteiger partial charge in [0.15, 0.2) is 0 Å². The van der Waals surface area contributed by atoms with Gasteiger partial charge in [0.2, 0.25) is 0 Å². The average molecular weight is 461 g/mol. The number of carbonyl (C=O) groups is 1. The Bertz CT molecular complexity index is 810. The van der Waals surface area contributed by atoms with Crippen molar-refractivity contribution in [2.75, 3.05) is 18.4 Å². The van der Waals surface area contributed by atoms with Gasteiger partial charge in [-0.1, -0.05) is 0 Å². The molecule has 0 radical (unpaired) electrons. The van der Waals surface area contributed by atoms with Crippen molar-refractivity contribution in [2.45, 2.75) is 12.5 Å². The quantitative estimate of drug-likeness (QED) is 0.611. The normalized spacial score (nSPS) is 16.7. The molecule has 1 unspecified atom stereocenters. The van der Waals surface area contributed by atoms with Crippen LogP contribution in [0.15, 0.2) is 30.3 Å². The van der Waals surface area contributed by atoms with Crippen molar-refractivity contribution in [3.05, 3.63) is 56.9 Å². The smallest absolute Gasteiger partial charge is 0.256 e. The fourth-order valence-electron chi connectivity index (χ4n) is 2.67. The maximum absolute atomic E-state index is 14.3. The molecule has 3 rings (SSSR count). The molecule has 2 aromatic rings. The second-order valence-electron chi connectivity index (χ2n) is 5.72. The minimum atomic E-state index is -1.00. The minimum Gasteiger partial charge on any atom is -0.352 e. The number of hydrogen-bond donors (Lipinski definition) is 3. The largest absolute Gasteiger partial charge is 0.352 e. The van der Waals surface area contributed by atoms with E-state index in [1.807, 2.05) is 22.6 Å². The van der Waals surface area contributed by atoms with E-state index >= 15 is 0 Å². The van der Waals surface area contributed by atoms with Gasteiger partial charge in [0, 0.05) is 22.2 Å². The topological polar surface area (TPSA) is 53.2 Å². The van der Waals surface area contributed by atoms with Crippen LogP contribution in [0.25, 0.3) is 0 Å². The number of anilines is 2. The van der Waals surface area contributed by atoms with E-state index in [-0.39, 0.29) is 23.0 Å². The van der Waals surface area contributed by atoms with E-state index in [0.717, 1.165) is 19.0 Å². The third-order valence-corrected chi connectivity index (χ3v) is 4.55. The Morgan fingerprint density at radius 1 is 1.12 bits per heavy atom. The van der Waals surface area contributed by atoms with Crippen LogP contribution in [0.4, 0.5) is 24.5 Å². The summed E-state index contributed by atoms with van der Waals surface area (Å²) in [5.74, 6) is -3.11. The van der Waals surface area contributed by atoms with Gasteiger partial charge >= 0.3 is 0 Å². The molecular formula is C17H15F3IN3O. The van der Waals surface area contributed by atoms with Gasteiger partial charge in [0.25, 0.3) is 5.91 Å². The molecule has 0 aromatic heterocycles. The molecular weight excluding hydrogens is 446 g/mol. The predicted molar refractivity (Wildman–Crippen MR) is 97.5 cm³/mol. The van der Waals surface area contributed by atoms with Crippen LogP contribution in [-0.4, -0.2) is 25.0 Å². The average Bonchev–Trinajstić information content (AvgIpc) is 3.02. The van der Waals surface area contributed by atoms with Crippen LogP contribution < -0.4 is 16.0 Å². The Labute approximate surface area is 156 Å². The van der Waals surface area contributed by atoms with Gasteiger partial charge in [-0.15, -0.1) is 0 Å². The van der Waals surface area contributed by atoms with Gasteiger partial charge < -0.3 is 16.0 Å². The summed E-state index contributed by atoms with van der Waals surface area (Å²) in [5, 5.41) is 8.41. The van der Waals surface area contributed by atoms with Crippen molar-refractivity contribution in [2.24, 2.45) is 0 Å². The summed E-state index contributed by atoms with van der Waals surface area (Å²) in [6, 6.07) is 5.86. The summed E-state index contributed by atoms with van der Waals surface area (Å²) < 4.78 is 42.6. The molecule has 2 aromatic carbocycles. The summed E-state index contributed by atoms with van der Waals surface area (Å²) in [7, 11) is 0. The molecule has 0 aliphatic carbocycles. The van der Waals surface area contributed by atoms with E-state index in [1.165, 1.54) is 12.1 Å². The van der Waals surface area contributed by atoms with Crippen LogP contribution in [-0.2, 0) is 0 Å². The third kappa shape index (κ3) is 4.24. The van der Waals surface area contributed by atoms with Crippen molar-refractivity contribution in [3.8, 4) is 0 Å². The molecule has 0 bridgehead atoms. The number of carbonyl (C=O) groups excluding carboxylic acids is 1. The summed E-state index contributed by atoms with van der Waals surface area (Å²) >= 11 is 1.95. The van der Waals surface area contributed by atoms with Crippen LogP contribution in [0.3, 0.4) is 0 Å². The molecule has 1 aliphatic heterocycles. The van der Waals surface area contributed by atoms with E-state index in [2.05, 4.69) is 16.0 Å². The number of benzene rings is 2. The van der Waals surface area contributed by atoms with Crippen molar-refractivity contribution in [1.29, 1.82) is 0 Å². The van der Waals surface area contributed by atoms with E-state index in [1.54, 1.807) is 6.07 Å². The van der Waals surface area contributed by atoms with Crippen molar-refractivity contribution >= 4 is 39.9 Å². The van der Waals surface area contributed by atoms with E-state index in [4.69, 9.17) is 0 Å². The zero-order valence-corrected chi connectivity index (χ0v) is 15.2. The first-order valence-electron chi connectivity index (χ1n) is 7.67. The third-order valence-electron chi connectivity index (χ3n) is 3.88.